The predicted octanol–water partition coefficient (Wildman–Crippen LogP) is 1.97. The Morgan fingerprint density at radius 3 is 2.89 bits per heavy atom. The number of morpholine rings is 1. The summed E-state index contributed by atoms with van der Waals surface area (Å²) in [7, 11) is 1.78. The maximum Gasteiger partial charge on any atom is 0.191 e. The second-order valence-corrected chi connectivity index (χ2v) is 8.42. The molecule has 156 valence electrons. The summed E-state index contributed by atoms with van der Waals surface area (Å²) in [4.78, 5) is 6.92. The molecule has 6 nitrogen and oxygen atoms in total. The molecule has 8 heteroatoms. The Balaban J connectivity index is 1.48. The van der Waals surface area contributed by atoms with E-state index in [-0.39, 0.29) is 17.5 Å². The Kier molecular flexibility index (Phi) is 7.82. The number of nitrogens with one attached hydrogen (secondary N) is 2. The van der Waals surface area contributed by atoms with Crippen molar-refractivity contribution in [3.05, 3.63) is 30.1 Å². The van der Waals surface area contributed by atoms with Crippen molar-refractivity contribution in [2.24, 2.45) is 4.99 Å². The Bertz CT molecular complexity index is 649. The number of guanidine groups is 1. The molecule has 0 spiro atoms. The number of halogens is 1. The summed E-state index contributed by atoms with van der Waals surface area (Å²) in [6, 6.07) is 6.22. The minimum Gasteiger partial charge on any atom is -0.489 e. The van der Waals surface area contributed by atoms with Crippen molar-refractivity contribution in [3.8, 4) is 5.75 Å². The number of benzene rings is 1. The second kappa shape index (κ2) is 10.3. The van der Waals surface area contributed by atoms with E-state index in [4.69, 9.17) is 9.47 Å². The SMILES string of the molecule is CN=C(NCC(C)Oc1cccc(F)c1)NCC1(N2CCOCC2)CCSC1. The van der Waals surface area contributed by atoms with Gasteiger partial charge >= 0.3 is 0 Å². The largest absolute Gasteiger partial charge is 0.489 e. The van der Waals surface area contributed by atoms with Crippen molar-refractivity contribution >= 4 is 17.7 Å². The van der Waals surface area contributed by atoms with E-state index in [0.717, 1.165) is 44.6 Å². The highest BCUT2D eigenvalue weighted by atomic mass is 32.2. The molecule has 28 heavy (non-hydrogen) atoms. The van der Waals surface area contributed by atoms with Gasteiger partial charge in [-0.3, -0.25) is 9.89 Å². The third kappa shape index (κ3) is 5.75. The van der Waals surface area contributed by atoms with Crippen molar-refractivity contribution in [2.45, 2.75) is 25.0 Å². The van der Waals surface area contributed by atoms with Crippen LogP contribution < -0.4 is 15.4 Å². The van der Waals surface area contributed by atoms with Gasteiger partial charge in [-0.25, -0.2) is 4.39 Å². The number of aliphatic imine (C=N–C) groups is 1. The van der Waals surface area contributed by atoms with Crippen LogP contribution in [0.1, 0.15) is 13.3 Å². The lowest BCUT2D eigenvalue weighted by molar-refractivity contribution is -0.0120. The monoisotopic (exact) mass is 410 g/mol. The smallest absolute Gasteiger partial charge is 0.191 e. The van der Waals surface area contributed by atoms with E-state index in [0.29, 0.717) is 12.3 Å². The highest BCUT2D eigenvalue weighted by molar-refractivity contribution is 7.99. The number of thioether (sulfide) groups is 1. The molecule has 2 heterocycles. The Morgan fingerprint density at radius 1 is 1.39 bits per heavy atom. The highest BCUT2D eigenvalue weighted by Crippen LogP contribution is 2.33. The van der Waals surface area contributed by atoms with E-state index in [9.17, 15) is 4.39 Å². The number of ether oxygens (including phenoxy) is 2. The first kappa shape index (κ1) is 21.2. The molecule has 2 saturated heterocycles. The van der Waals surface area contributed by atoms with E-state index < -0.39 is 0 Å². The number of hydrogen-bond acceptors (Lipinski definition) is 5. The van der Waals surface area contributed by atoms with Crippen molar-refractivity contribution in [1.29, 1.82) is 0 Å². The van der Waals surface area contributed by atoms with Gasteiger partial charge in [0.2, 0.25) is 0 Å². The van der Waals surface area contributed by atoms with Crippen LogP contribution in [0.4, 0.5) is 4.39 Å². The van der Waals surface area contributed by atoms with Crippen molar-refractivity contribution in [1.82, 2.24) is 15.5 Å². The molecule has 2 aliphatic rings. The fourth-order valence-electron chi connectivity index (χ4n) is 3.66. The molecular weight excluding hydrogens is 379 g/mol. The molecule has 0 saturated carbocycles. The van der Waals surface area contributed by atoms with Gasteiger partial charge in [-0.1, -0.05) is 6.07 Å². The van der Waals surface area contributed by atoms with Crippen molar-refractivity contribution < 1.29 is 13.9 Å². The van der Waals surface area contributed by atoms with Crippen LogP contribution in [0, 0.1) is 5.82 Å². The number of rotatable bonds is 7. The molecule has 0 radical (unpaired) electrons. The average molecular weight is 411 g/mol. The van der Waals surface area contributed by atoms with Crippen LogP contribution in [0.25, 0.3) is 0 Å². The molecule has 2 fully saturated rings. The molecular formula is C20H31FN4O2S. The first-order valence-corrected chi connectivity index (χ1v) is 11.0. The fraction of sp³-hybridized carbons (Fsp3) is 0.650. The summed E-state index contributed by atoms with van der Waals surface area (Å²) in [6.07, 6.45) is 1.07. The molecule has 2 atom stereocenters. The molecule has 0 aliphatic carbocycles. The quantitative estimate of drug-likeness (QED) is 0.530. The first-order chi connectivity index (χ1) is 13.6. The van der Waals surface area contributed by atoms with Crippen molar-refractivity contribution in [2.75, 3.05) is 57.9 Å². The van der Waals surface area contributed by atoms with Crippen LogP contribution in [-0.2, 0) is 4.74 Å². The van der Waals surface area contributed by atoms with Gasteiger partial charge in [0, 0.05) is 44.0 Å². The van der Waals surface area contributed by atoms with Crippen LogP contribution in [0.3, 0.4) is 0 Å². The summed E-state index contributed by atoms with van der Waals surface area (Å²) >= 11 is 2.02. The van der Waals surface area contributed by atoms with E-state index >= 15 is 0 Å². The molecule has 0 amide bonds. The molecule has 2 unspecified atom stereocenters. The van der Waals surface area contributed by atoms with Crippen LogP contribution in [0.15, 0.2) is 29.3 Å². The van der Waals surface area contributed by atoms with Gasteiger partial charge in [-0.05, 0) is 31.2 Å². The maximum atomic E-state index is 13.3. The van der Waals surface area contributed by atoms with Gasteiger partial charge in [0.25, 0.3) is 0 Å². The molecule has 0 aromatic heterocycles. The molecule has 1 aromatic carbocycles. The summed E-state index contributed by atoms with van der Waals surface area (Å²) in [6.45, 7) is 7.00. The first-order valence-electron chi connectivity index (χ1n) is 9.89. The zero-order valence-electron chi connectivity index (χ0n) is 16.7. The lowest BCUT2D eigenvalue weighted by atomic mass is 9.95. The molecule has 2 N–H and O–H groups in total. The van der Waals surface area contributed by atoms with Gasteiger partial charge in [-0.15, -0.1) is 0 Å². The number of nitrogens with zero attached hydrogens (tertiary/aromatic N) is 2. The minimum atomic E-state index is -0.294. The van der Waals surface area contributed by atoms with Gasteiger partial charge in [0.1, 0.15) is 17.7 Å². The molecule has 2 aliphatic heterocycles. The Morgan fingerprint density at radius 2 is 2.21 bits per heavy atom. The summed E-state index contributed by atoms with van der Waals surface area (Å²) in [5, 5.41) is 6.82. The van der Waals surface area contributed by atoms with Gasteiger partial charge in [-0.2, -0.15) is 11.8 Å². The van der Waals surface area contributed by atoms with E-state index in [1.807, 2.05) is 18.7 Å². The summed E-state index contributed by atoms with van der Waals surface area (Å²) in [5.74, 6) is 3.34. The zero-order chi connectivity index (χ0) is 19.8. The fourth-order valence-corrected chi connectivity index (χ4v) is 5.14. The molecule has 1 aromatic rings. The van der Waals surface area contributed by atoms with Crippen LogP contribution in [0.5, 0.6) is 5.75 Å². The lowest BCUT2D eigenvalue weighted by Crippen LogP contribution is -2.60. The normalized spacial score (nSPS) is 24.8. The van der Waals surface area contributed by atoms with E-state index in [1.54, 1.807) is 19.2 Å². The Hall–Kier alpha value is -1.51. The van der Waals surface area contributed by atoms with Crippen molar-refractivity contribution in [3.63, 3.8) is 0 Å². The minimum absolute atomic E-state index is 0.115. The summed E-state index contributed by atoms with van der Waals surface area (Å²) in [5.41, 5.74) is 0.162. The third-order valence-corrected chi connectivity index (χ3v) is 6.50. The highest BCUT2D eigenvalue weighted by Gasteiger charge is 2.40. The van der Waals surface area contributed by atoms with Gasteiger partial charge < -0.3 is 20.1 Å². The predicted molar refractivity (Wildman–Crippen MR) is 113 cm³/mol. The van der Waals surface area contributed by atoms with Gasteiger partial charge in [0.15, 0.2) is 5.96 Å². The summed E-state index contributed by atoms with van der Waals surface area (Å²) < 4.78 is 24.6. The standard InChI is InChI=1S/C20H31FN4O2S/c1-16(27-18-5-3-4-17(21)12-18)13-23-19(22-2)24-14-20(6-11-28-15-20)25-7-9-26-10-8-25/h3-5,12,16H,6-11,13-15H2,1-2H3,(H2,22,23,24). The molecule has 3 rings (SSSR count). The average Bonchev–Trinajstić information content (AvgIpc) is 3.19. The zero-order valence-corrected chi connectivity index (χ0v) is 17.6. The third-order valence-electron chi connectivity index (χ3n) is 5.26. The van der Waals surface area contributed by atoms with E-state index in [1.165, 1.54) is 24.3 Å². The topological polar surface area (TPSA) is 58.1 Å². The van der Waals surface area contributed by atoms with Crippen LogP contribution >= 0.6 is 11.8 Å². The van der Waals surface area contributed by atoms with E-state index in [2.05, 4.69) is 20.5 Å². The maximum absolute atomic E-state index is 13.3. The van der Waals surface area contributed by atoms with Crippen LogP contribution in [-0.4, -0.2) is 80.4 Å². The lowest BCUT2D eigenvalue weighted by Gasteiger charge is -2.43. The molecule has 0 bridgehead atoms. The Labute approximate surface area is 171 Å². The number of hydrogen-bond donors (Lipinski definition) is 2. The second-order valence-electron chi connectivity index (χ2n) is 7.32. The van der Waals surface area contributed by atoms with Crippen LogP contribution in [0.2, 0.25) is 0 Å². The van der Waals surface area contributed by atoms with Gasteiger partial charge in [0.05, 0.1) is 19.8 Å².